The summed E-state index contributed by atoms with van der Waals surface area (Å²) in [5.41, 5.74) is 2.23. The maximum absolute atomic E-state index is 5.98. The molecular weight excluding hydrogens is 392 g/mol. The first-order valence-electron chi connectivity index (χ1n) is 11.3. The van der Waals surface area contributed by atoms with Crippen LogP contribution in [-0.4, -0.2) is 46.6 Å². The molecule has 0 aliphatic heterocycles. The van der Waals surface area contributed by atoms with E-state index >= 15 is 0 Å². The minimum Gasteiger partial charge on any atom is -0.491 e. The molecule has 0 spiro atoms. The van der Waals surface area contributed by atoms with E-state index in [9.17, 15) is 0 Å². The van der Waals surface area contributed by atoms with Crippen LogP contribution in [0.15, 0.2) is 23.2 Å². The number of guanidine groups is 1. The van der Waals surface area contributed by atoms with Crippen molar-refractivity contribution in [2.45, 2.75) is 65.6 Å². The first-order chi connectivity index (χ1) is 15.1. The topological polar surface area (TPSA) is 85.6 Å². The second-order valence-electron chi connectivity index (χ2n) is 8.02. The molecule has 1 saturated carbocycles. The van der Waals surface area contributed by atoms with Crippen molar-refractivity contribution in [3.63, 3.8) is 0 Å². The molecule has 0 amide bonds. The van der Waals surface area contributed by atoms with Gasteiger partial charge in [-0.3, -0.25) is 0 Å². The summed E-state index contributed by atoms with van der Waals surface area (Å²) < 4.78 is 13.4. The highest BCUT2D eigenvalue weighted by Gasteiger charge is 2.17. The highest BCUT2D eigenvalue weighted by molar-refractivity contribution is 5.80. The molecule has 31 heavy (non-hydrogen) atoms. The van der Waals surface area contributed by atoms with Gasteiger partial charge in [0.25, 0.3) is 0 Å². The molecule has 1 aliphatic carbocycles. The molecule has 0 atom stereocenters. The number of rotatable bonds is 10. The van der Waals surface area contributed by atoms with E-state index in [2.05, 4.69) is 46.0 Å². The third-order valence-electron chi connectivity index (χ3n) is 5.61. The maximum atomic E-state index is 5.98. The zero-order valence-electron chi connectivity index (χ0n) is 19.3. The van der Waals surface area contributed by atoms with Crippen LogP contribution in [0.4, 0.5) is 0 Å². The molecule has 1 aliphatic rings. The van der Waals surface area contributed by atoms with E-state index in [0.29, 0.717) is 39.0 Å². The van der Waals surface area contributed by atoms with E-state index in [4.69, 9.17) is 14.5 Å². The monoisotopic (exact) mass is 428 g/mol. The van der Waals surface area contributed by atoms with Crippen LogP contribution in [0.25, 0.3) is 0 Å². The Bertz CT molecular complexity index is 858. The minimum atomic E-state index is 0.465. The van der Waals surface area contributed by atoms with Crippen LogP contribution in [0.5, 0.6) is 5.75 Å². The van der Waals surface area contributed by atoms with E-state index in [1.54, 1.807) is 0 Å². The van der Waals surface area contributed by atoms with Crippen LogP contribution in [0.2, 0.25) is 0 Å². The summed E-state index contributed by atoms with van der Waals surface area (Å²) >= 11 is 0. The molecule has 1 aromatic heterocycles. The molecule has 1 aromatic carbocycles. The molecule has 8 heteroatoms. The maximum Gasteiger partial charge on any atom is 0.192 e. The molecule has 0 saturated heterocycles. The van der Waals surface area contributed by atoms with Crippen LogP contribution in [0, 0.1) is 13.8 Å². The van der Waals surface area contributed by atoms with Crippen LogP contribution in [-0.2, 0) is 24.9 Å². The van der Waals surface area contributed by atoms with Crippen molar-refractivity contribution in [2.24, 2.45) is 12.0 Å². The third-order valence-corrected chi connectivity index (χ3v) is 5.61. The summed E-state index contributed by atoms with van der Waals surface area (Å²) in [5.74, 6) is 3.45. The molecule has 2 N–H and O–H groups in total. The number of hydrogen-bond acceptors (Lipinski definition) is 5. The number of aliphatic imine (C=N–C) groups is 1. The molecule has 0 bridgehead atoms. The number of nitrogens with one attached hydrogen (secondary N) is 2. The second kappa shape index (κ2) is 11.7. The van der Waals surface area contributed by atoms with Crippen LogP contribution < -0.4 is 15.4 Å². The summed E-state index contributed by atoms with van der Waals surface area (Å²) in [4.78, 5) is 4.87. The lowest BCUT2D eigenvalue weighted by molar-refractivity contribution is 0.110. The Labute approximate surface area is 185 Å². The summed E-state index contributed by atoms with van der Waals surface area (Å²) in [7, 11) is 1.98. The fraction of sp³-hybridized carbons (Fsp3) is 0.609. The second-order valence-corrected chi connectivity index (χ2v) is 8.02. The van der Waals surface area contributed by atoms with Crippen molar-refractivity contribution in [3.8, 4) is 5.75 Å². The standard InChI is InChI=1S/C23H36N6O2/c1-5-30-12-13-31-21-14-17(2)10-11-19(21)15-24-23(26-20-8-6-7-9-20)25-16-22-28-27-18(3)29(22)4/h10-11,14,20H,5-9,12-13,15-16H2,1-4H3,(H2,24,25,26). The van der Waals surface area contributed by atoms with Crippen molar-refractivity contribution < 1.29 is 9.47 Å². The third kappa shape index (κ3) is 6.95. The zero-order valence-corrected chi connectivity index (χ0v) is 19.3. The predicted octanol–water partition coefficient (Wildman–Crippen LogP) is 3.03. The molecule has 1 fully saturated rings. The number of benzene rings is 1. The lowest BCUT2D eigenvalue weighted by Crippen LogP contribution is -2.42. The Kier molecular flexibility index (Phi) is 8.70. The Balaban J connectivity index is 1.69. The van der Waals surface area contributed by atoms with Gasteiger partial charge >= 0.3 is 0 Å². The van der Waals surface area contributed by atoms with E-state index in [0.717, 1.165) is 28.9 Å². The predicted molar refractivity (Wildman–Crippen MR) is 122 cm³/mol. The van der Waals surface area contributed by atoms with Gasteiger partial charge in [-0.25, -0.2) is 4.99 Å². The van der Waals surface area contributed by atoms with Gasteiger partial charge in [0.05, 0.1) is 19.7 Å². The van der Waals surface area contributed by atoms with Crippen molar-refractivity contribution in [1.29, 1.82) is 0 Å². The van der Waals surface area contributed by atoms with E-state index in [-0.39, 0.29) is 0 Å². The molecule has 1 heterocycles. The van der Waals surface area contributed by atoms with Crippen LogP contribution in [0.3, 0.4) is 0 Å². The van der Waals surface area contributed by atoms with E-state index in [1.165, 1.54) is 31.2 Å². The van der Waals surface area contributed by atoms with Gasteiger partial charge in [0.1, 0.15) is 18.2 Å². The summed E-state index contributed by atoms with van der Waals surface area (Å²) in [6.45, 7) is 8.92. The van der Waals surface area contributed by atoms with Gasteiger partial charge in [-0.1, -0.05) is 25.0 Å². The van der Waals surface area contributed by atoms with Crippen molar-refractivity contribution in [3.05, 3.63) is 41.0 Å². The SMILES string of the molecule is CCOCCOc1cc(C)ccc1CN=C(NCc1nnc(C)n1C)NC1CCCC1. The van der Waals surface area contributed by atoms with Gasteiger partial charge < -0.3 is 24.7 Å². The zero-order chi connectivity index (χ0) is 22.1. The Morgan fingerprint density at radius 3 is 2.71 bits per heavy atom. The molecule has 170 valence electrons. The number of hydrogen-bond donors (Lipinski definition) is 2. The number of nitrogens with zero attached hydrogens (tertiary/aromatic N) is 4. The Morgan fingerprint density at radius 2 is 2.00 bits per heavy atom. The van der Waals surface area contributed by atoms with Gasteiger partial charge in [0.2, 0.25) is 0 Å². The highest BCUT2D eigenvalue weighted by Crippen LogP contribution is 2.22. The molecule has 0 radical (unpaired) electrons. The smallest absolute Gasteiger partial charge is 0.192 e. The van der Waals surface area contributed by atoms with Gasteiger partial charge in [-0.2, -0.15) is 0 Å². The van der Waals surface area contributed by atoms with Gasteiger partial charge in [-0.15, -0.1) is 10.2 Å². The first kappa shape index (κ1) is 23.1. The lowest BCUT2D eigenvalue weighted by atomic mass is 10.1. The van der Waals surface area contributed by atoms with Crippen LogP contribution in [0.1, 0.15) is 55.4 Å². The quantitative estimate of drug-likeness (QED) is 0.344. The summed E-state index contributed by atoms with van der Waals surface area (Å²) in [5, 5.41) is 15.4. The van der Waals surface area contributed by atoms with Gasteiger partial charge in [0, 0.05) is 25.3 Å². The van der Waals surface area contributed by atoms with Crippen molar-refractivity contribution in [1.82, 2.24) is 25.4 Å². The van der Waals surface area contributed by atoms with Crippen LogP contribution >= 0.6 is 0 Å². The minimum absolute atomic E-state index is 0.465. The molecule has 2 aromatic rings. The Morgan fingerprint density at radius 1 is 1.19 bits per heavy atom. The molecule has 0 unspecified atom stereocenters. The number of aromatic nitrogens is 3. The largest absolute Gasteiger partial charge is 0.491 e. The average Bonchev–Trinajstić information content (AvgIpc) is 3.39. The van der Waals surface area contributed by atoms with Gasteiger partial charge in [-0.05, 0) is 45.2 Å². The highest BCUT2D eigenvalue weighted by atomic mass is 16.5. The van der Waals surface area contributed by atoms with E-state index in [1.807, 2.05) is 25.5 Å². The Hall–Kier alpha value is -2.61. The fourth-order valence-electron chi connectivity index (χ4n) is 3.63. The van der Waals surface area contributed by atoms with Crippen molar-refractivity contribution >= 4 is 5.96 Å². The molecule has 8 nitrogen and oxygen atoms in total. The fourth-order valence-corrected chi connectivity index (χ4v) is 3.63. The van der Waals surface area contributed by atoms with Gasteiger partial charge in [0.15, 0.2) is 11.8 Å². The summed E-state index contributed by atoms with van der Waals surface area (Å²) in [6.07, 6.45) is 4.90. The lowest BCUT2D eigenvalue weighted by Gasteiger charge is -2.18. The number of aryl methyl sites for hydroxylation is 2. The average molecular weight is 429 g/mol. The van der Waals surface area contributed by atoms with E-state index < -0.39 is 0 Å². The molecular formula is C23H36N6O2. The van der Waals surface area contributed by atoms with Crippen molar-refractivity contribution in [2.75, 3.05) is 19.8 Å². The normalized spacial score (nSPS) is 14.8. The first-order valence-corrected chi connectivity index (χ1v) is 11.3. The molecule has 3 rings (SSSR count). The summed E-state index contributed by atoms with van der Waals surface area (Å²) in [6, 6.07) is 6.72. The number of ether oxygens (including phenoxy) is 2.